The number of aliphatic hydroxyl groups is 1. The van der Waals surface area contributed by atoms with Gasteiger partial charge >= 0.3 is 0 Å². The molecule has 1 aromatic rings. The zero-order chi connectivity index (χ0) is 15.4. The fourth-order valence-electron chi connectivity index (χ4n) is 1.82. The van der Waals surface area contributed by atoms with Gasteiger partial charge in [0.1, 0.15) is 5.82 Å². The van der Waals surface area contributed by atoms with Crippen molar-refractivity contribution in [3.8, 4) is 0 Å². The van der Waals surface area contributed by atoms with Crippen molar-refractivity contribution in [2.24, 2.45) is 0 Å². The summed E-state index contributed by atoms with van der Waals surface area (Å²) < 4.78 is 0.762. The Morgan fingerprint density at radius 2 is 2.14 bits per heavy atom. The summed E-state index contributed by atoms with van der Waals surface area (Å²) >= 11 is 3.41. The van der Waals surface area contributed by atoms with Gasteiger partial charge in [0.05, 0.1) is 16.6 Å². The third-order valence-electron chi connectivity index (χ3n) is 3.25. The van der Waals surface area contributed by atoms with Gasteiger partial charge in [-0.1, -0.05) is 11.6 Å². The average Bonchev–Trinajstić information content (AvgIpc) is 2.42. The van der Waals surface area contributed by atoms with Crippen molar-refractivity contribution in [1.29, 1.82) is 0 Å². The van der Waals surface area contributed by atoms with Gasteiger partial charge in [-0.05, 0) is 55.6 Å². The summed E-state index contributed by atoms with van der Waals surface area (Å²) in [7, 11) is 0. The van der Waals surface area contributed by atoms with E-state index in [1.54, 1.807) is 13.1 Å². The molecular formula is C15H20BrN4O. The number of hydrogen-bond donors (Lipinski definition) is 3. The zero-order valence-electron chi connectivity index (χ0n) is 12.4. The van der Waals surface area contributed by atoms with E-state index < -0.39 is 6.10 Å². The van der Waals surface area contributed by atoms with Gasteiger partial charge in [-0.2, -0.15) is 4.98 Å². The molecule has 1 aromatic heterocycles. The Bertz CT molecular complexity index is 569. The van der Waals surface area contributed by atoms with Gasteiger partial charge in [0.2, 0.25) is 5.95 Å². The van der Waals surface area contributed by atoms with Gasteiger partial charge in [-0.3, -0.25) is 0 Å². The zero-order valence-corrected chi connectivity index (χ0v) is 14.0. The highest BCUT2D eigenvalue weighted by Crippen LogP contribution is 2.23. The second-order valence-electron chi connectivity index (χ2n) is 5.18. The van der Waals surface area contributed by atoms with Crippen molar-refractivity contribution >= 4 is 27.7 Å². The first-order valence-electron chi connectivity index (χ1n) is 6.91. The van der Waals surface area contributed by atoms with Gasteiger partial charge in [-0.15, -0.1) is 0 Å². The second kappa shape index (κ2) is 7.04. The quantitative estimate of drug-likeness (QED) is 0.759. The maximum Gasteiger partial charge on any atom is 0.229 e. The minimum absolute atomic E-state index is 0.102. The summed E-state index contributed by atoms with van der Waals surface area (Å²) in [6, 6.07) is -0.102. The molecule has 5 nitrogen and oxygen atoms in total. The molecule has 0 bridgehead atoms. The number of nitrogens with one attached hydrogen (secondary N) is 2. The van der Waals surface area contributed by atoms with Gasteiger partial charge in [0.25, 0.3) is 0 Å². The Hall–Kier alpha value is -1.40. The number of anilines is 2. The van der Waals surface area contributed by atoms with E-state index in [4.69, 9.17) is 0 Å². The Balaban J connectivity index is 2.13. The Morgan fingerprint density at radius 1 is 1.38 bits per heavy atom. The topological polar surface area (TPSA) is 70.1 Å². The number of hydrogen-bond acceptors (Lipinski definition) is 5. The van der Waals surface area contributed by atoms with E-state index in [1.165, 1.54) is 5.57 Å². The average molecular weight is 352 g/mol. The van der Waals surface area contributed by atoms with Crippen molar-refractivity contribution in [2.45, 2.75) is 39.3 Å². The molecule has 0 saturated carbocycles. The van der Waals surface area contributed by atoms with Crippen LogP contribution in [0.1, 0.15) is 27.2 Å². The van der Waals surface area contributed by atoms with E-state index in [1.807, 2.05) is 6.92 Å². The molecule has 0 saturated heterocycles. The first kappa shape index (κ1) is 16.0. The number of allylic oxidation sites excluding steroid dienone is 3. The molecule has 21 heavy (non-hydrogen) atoms. The maximum atomic E-state index is 9.58. The molecule has 0 unspecified atom stereocenters. The highest BCUT2D eigenvalue weighted by molar-refractivity contribution is 9.10. The smallest absolute Gasteiger partial charge is 0.229 e. The highest BCUT2D eigenvalue weighted by atomic mass is 79.9. The standard InChI is InChI=1S/C15H20BrN4O/c1-9-5-4-6-12(7-9)19-15-17-8-13(16)14(20-15)18-10(2)11(3)21/h5-8,10-11,21H,4H2,1-3H3,(H2,17,18,19,20)/t10-,11-/m1/s1. The number of aromatic nitrogens is 2. The van der Waals surface area contributed by atoms with Gasteiger partial charge in [0.15, 0.2) is 0 Å². The summed E-state index contributed by atoms with van der Waals surface area (Å²) in [6.07, 6.45) is 8.43. The van der Waals surface area contributed by atoms with Crippen LogP contribution >= 0.6 is 15.9 Å². The normalized spacial score (nSPS) is 17.6. The SMILES string of the molecule is CC1=CC(Nc2ncc(Br)c(N[C@H](C)[C@@H](C)O)n2)=CC[CH]1. The Kier molecular flexibility index (Phi) is 5.36. The first-order valence-corrected chi connectivity index (χ1v) is 7.71. The molecule has 2 rings (SSSR count). The summed E-state index contributed by atoms with van der Waals surface area (Å²) in [5, 5.41) is 15.9. The lowest BCUT2D eigenvalue weighted by molar-refractivity contribution is 0.177. The third kappa shape index (κ3) is 4.54. The largest absolute Gasteiger partial charge is 0.391 e. The first-order chi connectivity index (χ1) is 9.95. The van der Waals surface area contributed by atoms with Crippen molar-refractivity contribution in [2.75, 3.05) is 10.6 Å². The maximum absolute atomic E-state index is 9.58. The lowest BCUT2D eigenvalue weighted by Gasteiger charge is -2.19. The van der Waals surface area contributed by atoms with Gasteiger partial charge in [0, 0.05) is 11.9 Å². The van der Waals surface area contributed by atoms with E-state index in [-0.39, 0.29) is 6.04 Å². The molecule has 2 atom stereocenters. The molecular weight excluding hydrogens is 332 g/mol. The minimum Gasteiger partial charge on any atom is -0.391 e. The van der Waals surface area contributed by atoms with Crippen LogP contribution in [-0.4, -0.2) is 27.2 Å². The van der Waals surface area contributed by atoms with Crippen molar-refractivity contribution in [1.82, 2.24) is 9.97 Å². The molecule has 1 aliphatic rings. The number of halogens is 1. The van der Waals surface area contributed by atoms with Crippen molar-refractivity contribution in [3.63, 3.8) is 0 Å². The van der Waals surface area contributed by atoms with E-state index in [9.17, 15) is 5.11 Å². The van der Waals surface area contributed by atoms with Crippen LogP contribution in [0.25, 0.3) is 0 Å². The second-order valence-corrected chi connectivity index (χ2v) is 6.03. The molecule has 3 N–H and O–H groups in total. The number of rotatable bonds is 5. The van der Waals surface area contributed by atoms with Gasteiger partial charge < -0.3 is 15.7 Å². The fraction of sp³-hybridized carbons (Fsp3) is 0.400. The van der Waals surface area contributed by atoms with E-state index in [0.717, 1.165) is 16.6 Å². The molecule has 1 heterocycles. The number of nitrogens with zero attached hydrogens (tertiary/aromatic N) is 2. The van der Waals surface area contributed by atoms with Crippen molar-refractivity contribution < 1.29 is 5.11 Å². The van der Waals surface area contributed by atoms with Crippen LogP contribution in [0.15, 0.2) is 34.1 Å². The Labute approximate surface area is 133 Å². The van der Waals surface area contributed by atoms with Crippen LogP contribution in [-0.2, 0) is 0 Å². The van der Waals surface area contributed by atoms with Crippen LogP contribution < -0.4 is 10.6 Å². The molecule has 0 aliphatic heterocycles. The molecule has 6 heteroatoms. The molecule has 1 radical (unpaired) electrons. The van der Waals surface area contributed by atoms with Crippen LogP contribution in [0.3, 0.4) is 0 Å². The van der Waals surface area contributed by atoms with Crippen LogP contribution in [0.2, 0.25) is 0 Å². The molecule has 0 aromatic carbocycles. The van der Waals surface area contributed by atoms with Crippen LogP contribution in [0.5, 0.6) is 0 Å². The summed E-state index contributed by atoms with van der Waals surface area (Å²) in [4.78, 5) is 8.70. The minimum atomic E-state index is -0.467. The predicted molar refractivity (Wildman–Crippen MR) is 88.9 cm³/mol. The third-order valence-corrected chi connectivity index (χ3v) is 3.83. The lowest BCUT2D eigenvalue weighted by atomic mass is 10.1. The highest BCUT2D eigenvalue weighted by Gasteiger charge is 2.13. The Morgan fingerprint density at radius 3 is 2.81 bits per heavy atom. The summed E-state index contributed by atoms with van der Waals surface area (Å²) in [5.74, 6) is 1.18. The molecule has 0 fully saturated rings. The number of aliphatic hydroxyl groups excluding tert-OH is 1. The van der Waals surface area contributed by atoms with Crippen molar-refractivity contribution in [3.05, 3.63) is 40.5 Å². The fourth-order valence-corrected chi connectivity index (χ4v) is 2.12. The van der Waals surface area contributed by atoms with E-state index >= 15 is 0 Å². The van der Waals surface area contributed by atoms with Gasteiger partial charge in [-0.25, -0.2) is 4.98 Å². The summed E-state index contributed by atoms with van der Waals surface area (Å²) in [6.45, 7) is 5.70. The molecule has 113 valence electrons. The van der Waals surface area contributed by atoms with E-state index in [2.05, 4.69) is 62.0 Å². The molecule has 0 spiro atoms. The van der Waals surface area contributed by atoms with Crippen LogP contribution in [0.4, 0.5) is 11.8 Å². The van der Waals surface area contributed by atoms with E-state index in [0.29, 0.717) is 11.8 Å². The summed E-state index contributed by atoms with van der Waals surface area (Å²) in [5.41, 5.74) is 2.21. The molecule has 0 amide bonds. The molecule has 1 aliphatic carbocycles. The van der Waals surface area contributed by atoms with Crippen LogP contribution in [0, 0.1) is 6.42 Å². The monoisotopic (exact) mass is 351 g/mol. The predicted octanol–water partition coefficient (Wildman–Crippen LogP) is 3.27. The lowest BCUT2D eigenvalue weighted by Crippen LogP contribution is -2.28.